The smallest absolute Gasteiger partial charge is 0.0936 e. The van der Waals surface area contributed by atoms with E-state index < -0.39 is 0 Å². The molecule has 1 heterocycles. The van der Waals surface area contributed by atoms with Crippen LogP contribution in [0.3, 0.4) is 0 Å². The van der Waals surface area contributed by atoms with Gasteiger partial charge in [0.25, 0.3) is 0 Å². The maximum absolute atomic E-state index is 5.82. The molecule has 1 fully saturated rings. The van der Waals surface area contributed by atoms with Crippen LogP contribution in [0.4, 0.5) is 0 Å². The van der Waals surface area contributed by atoms with Crippen molar-refractivity contribution in [2.45, 2.75) is 39.7 Å². The lowest BCUT2D eigenvalue weighted by molar-refractivity contribution is -0.153. The highest BCUT2D eigenvalue weighted by Crippen LogP contribution is 2.09. The molecule has 0 N–H and O–H groups in total. The maximum atomic E-state index is 5.82. The lowest BCUT2D eigenvalue weighted by Gasteiger charge is -2.14. The maximum Gasteiger partial charge on any atom is 0.0936 e. The number of nitrogens with zero attached hydrogens (tertiary/aromatic N) is 1. The Kier molecular flexibility index (Phi) is 6.21. The summed E-state index contributed by atoms with van der Waals surface area (Å²) in [7, 11) is 0. The minimum Gasteiger partial charge on any atom is -0.294 e. The van der Waals surface area contributed by atoms with Gasteiger partial charge in [0.15, 0.2) is 0 Å². The van der Waals surface area contributed by atoms with E-state index in [-0.39, 0.29) is 0 Å². The van der Waals surface area contributed by atoms with Crippen molar-refractivity contribution >= 4 is 12.7 Å². The molecule has 0 aliphatic carbocycles. The lowest BCUT2D eigenvalue weighted by Crippen LogP contribution is -2.24. The van der Waals surface area contributed by atoms with Gasteiger partial charge >= 0.3 is 0 Å². The van der Waals surface area contributed by atoms with Crippen LogP contribution in [0.2, 0.25) is 0 Å². The van der Waals surface area contributed by atoms with E-state index in [1.165, 1.54) is 30.0 Å². The first-order chi connectivity index (χ1) is 10.2. The number of benzene rings is 1. The zero-order valence-corrected chi connectivity index (χ0v) is 13.3. The number of hydrogen-bond acceptors (Lipinski definition) is 2. The Morgan fingerprint density at radius 3 is 2.81 bits per heavy atom. The van der Waals surface area contributed by atoms with Crippen molar-refractivity contribution < 1.29 is 4.84 Å². The standard InChI is InChI=1S/C19H27NO/c1-4-16(2)8-7-9-19-14-18(11-10-17(19)3)15-21-20-12-5-6-13-20/h7-11,14,16H,3-6,12-13,15H2,1-2H3/b8-7-,19-9-. The summed E-state index contributed by atoms with van der Waals surface area (Å²) >= 11 is 0. The van der Waals surface area contributed by atoms with Crippen LogP contribution in [0.5, 0.6) is 0 Å². The van der Waals surface area contributed by atoms with Crippen LogP contribution in [0.1, 0.15) is 38.7 Å². The fraction of sp³-hybridized carbons (Fsp3) is 0.474. The van der Waals surface area contributed by atoms with Crippen LogP contribution in [0, 0.1) is 5.92 Å². The van der Waals surface area contributed by atoms with Gasteiger partial charge in [0.05, 0.1) is 6.61 Å². The fourth-order valence-corrected chi connectivity index (χ4v) is 2.36. The highest BCUT2D eigenvalue weighted by molar-refractivity contribution is 5.39. The average molecular weight is 285 g/mol. The highest BCUT2D eigenvalue weighted by Gasteiger charge is 2.11. The first-order valence-electron chi connectivity index (χ1n) is 8.03. The lowest BCUT2D eigenvalue weighted by atomic mass is 10.1. The largest absolute Gasteiger partial charge is 0.294 e. The van der Waals surface area contributed by atoms with Crippen molar-refractivity contribution in [1.29, 1.82) is 0 Å². The SMILES string of the molecule is C=c1ccc(CON2CCCC2)c/c1=C/C=C\C(C)CC. The third-order valence-electron chi connectivity index (χ3n) is 4.05. The molecular weight excluding hydrogens is 258 g/mol. The summed E-state index contributed by atoms with van der Waals surface area (Å²) < 4.78 is 0. The summed E-state index contributed by atoms with van der Waals surface area (Å²) in [6, 6.07) is 6.36. The summed E-state index contributed by atoms with van der Waals surface area (Å²) in [6.45, 7) is 11.3. The Balaban J connectivity index is 2.03. The Morgan fingerprint density at radius 2 is 2.10 bits per heavy atom. The predicted octanol–water partition coefficient (Wildman–Crippen LogP) is 3.01. The molecule has 1 aliphatic rings. The Hall–Kier alpha value is -1.38. The molecule has 0 bridgehead atoms. The minimum absolute atomic E-state index is 0.621. The molecule has 0 aromatic heterocycles. The minimum atomic E-state index is 0.621. The van der Waals surface area contributed by atoms with Crippen LogP contribution in [0.25, 0.3) is 12.7 Å². The number of hydroxylamine groups is 2. The van der Waals surface area contributed by atoms with Gasteiger partial charge in [0.1, 0.15) is 0 Å². The molecule has 0 saturated carbocycles. The Morgan fingerprint density at radius 1 is 1.33 bits per heavy atom. The van der Waals surface area contributed by atoms with E-state index in [1.807, 2.05) is 0 Å². The molecule has 21 heavy (non-hydrogen) atoms. The molecule has 1 atom stereocenters. The van der Waals surface area contributed by atoms with Gasteiger partial charge in [-0.05, 0) is 40.8 Å². The molecule has 1 aromatic rings. The van der Waals surface area contributed by atoms with Crippen molar-refractivity contribution in [2.75, 3.05) is 13.1 Å². The quantitative estimate of drug-likeness (QED) is 0.796. The molecule has 0 radical (unpaired) electrons. The third kappa shape index (κ3) is 5.14. The summed E-state index contributed by atoms with van der Waals surface area (Å²) in [5.41, 5.74) is 1.21. The molecule has 114 valence electrons. The van der Waals surface area contributed by atoms with E-state index in [0.29, 0.717) is 12.5 Å². The van der Waals surface area contributed by atoms with Crippen LogP contribution in [-0.4, -0.2) is 18.2 Å². The molecule has 2 nitrogen and oxygen atoms in total. The van der Waals surface area contributed by atoms with Crippen molar-refractivity contribution in [3.8, 4) is 0 Å². The molecular formula is C19H27NO. The van der Waals surface area contributed by atoms with Gasteiger partial charge < -0.3 is 0 Å². The van der Waals surface area contributed by atoms with Crippen molar-refractivity contribution in [2.24, 2.45) is 5.92 Å². The van der Waals surface area contributed by atoms with Crippen molar-refractivity contribution in [1.82, 2.24) is 5.06 Å². The third-order valence-corrected chi connectivity index (χ3v) is 4.05. The topological polar surface area (TPSA) is 12.5 Å². The van der Waals surface area contributed by atoms with E-state index in [2.05, 4.69) is 61.9 Å². The first kappa shape index (κ1) is 16.0. The highest BCUT2D eigenvalue weighted by atomic mass is 16.7. The average Bonchev–Trinajstić information content (AvgIpc) is 3.01. The van der Waals surface area contributed by atoms with Gasteiger partial charge in [-0.3, -0.25) is 4.84 Å². The monoisotopic (exact) mass is 285 g/mol. The predicted molar refractivity (Wildman–Crippen MR) is 89.9 cm³/mol. The summed E-state index contributed by atoms with van der Waals surface area (Å²) in [6.07, 6.45) is 10.2. The van der Waals surface area contributed by atoms with Gasteiger partial charge in [-0.1, -0.05) is 57.2 Å². The van der Waals surface area contributed by atoms with Gasteiger partial charge in [-0.2, -0.15) is 5.06 Å². The fourth-order valence-electron chi connectivity index (χ4n) is 2.36. The van der Waals surface area contributed by atoms with E-state index in [0.717, 1.165) is 18.3 Å². The Labute approximate surface area is 128 Å². The summed E-state index contributed by atoms with van der Waals surface area (Å²) in [4.78, 5) is 5.82. The summed E-state index contributed by atoms with van der Waals surface area (Å²) in [5, 5.41) is 4.32. The van der Waals surface area contributed by atoms with Gasteiger partial charge in [-0.15, -0.1) is 0 Å². The second-order valence-electron chi connectivity index (χ2n) is 5.88. The van der Waals surface area contributed by atoms with Gasteiger partial charge in [0.2, 0.25) is 0 Å². The van der Waals surface area contributed by atoms with Crippen LogP contribution < -0.4 is 10.4 Å². The molecule has 2 rings (SSSR count). The number of allylic oxidation sites excluding steroid dienone is 2. The van der Waals surface area contributed by atoms with Crippen LogP contribution >= 0.6 is 0 Å². The molecule has 1 aliphatic heterocycles. The number of rotatable bonds is 6. The first-order valence-corrected chi connectivity index (χ1v) is 8.03. The van der Waals surface area contributed by atoms with Crippen molar-refractivity contribution in [3.05, 3.63) is 46.4 Å². The Bertz CT molecular complexity index is 570. The van der Waals surface area contributed by atoms with Crippen LogP contribution in [-0.2, 0) is 11.4 Å². The molecule has 1 saturated heterocycles. The van der Waals surface area contributed by atoms with E-state index in [9.17, 15) is 0 Å². The molecule has 1 unspecified atom stereocenters. The van der Waals surface area contributed by atoms with E-state index >= 15 is 0 Å². The van der Waals surface area contributed by atoms with Gasteiger partial charge in [0, 0.05) is 13.1 Å². The van der Waals surface area contributed by atoms with E-state index in [1.54, 1.807) is 0 Å². The van der Waals surface area contributed by atoms with Crippen molar-refractivity contribution in [3.63, 3.8) is 0 Å². The molecule has 0 spiro atoms. The van der Waals surface area contributed by atoms with E-state index in [4.69, 9.17) is 4.84 Å². The molecule has 0 amide bonds. The zero-order chi connectivity index (χ0) is 15.1. The summed E-state index contributed by atoms with van der Waals surface area (Å²) in [5.74, 6) is 0.621. The molecule has 2 heteroatoms. The zero-order valence-electron chi connectivity index (χ0n) is 13.3. The van der Waals surface area contributed by atoms with Crippen LogP contribution in [0.15, 0.2) is 30.4 Å². The van der Waals surface area contributed by atoms with Gasteiger partial charge in [-0.25, -0.2) is 0 Å². The second-order valence-corrected chi connectivity index (χ2v) is 5.88. The normalized spacial score (nSPS) is 18.7. The molecule has 1 aromatic carbocycles. The second kappa shape index (κ2) is 8.16. The number of hydrogen-bond donors (Lipinski definition) is 0.